The lowest BCUT2D eigenvalue weighted by molar-refractivity contribution is -0.116. The molecule has 1 N–H and O–H groups in total. The maximum absolute atomic E-state index is 11.7. The van der Waals surface area contributed by atoms with Gasteiger partial charge >= 0.3 is 0 Å². The largest absolute Gasteiger partial charge is 0.348 e. The van der Waals surface area contributed by atoms with Gasteiger partial charge in [0.15, 0.2) is 0 Å². The number of hydrogen-bond donors (Lipinski definition) is 1. The zero-order valence-electron chi connectivity index (χ0n) is 13.9. The lowest BCUT2D eigenvalue weighted by Gasteiger charge is -2.08. The molecule has 0 atom stereocenters. The second-order valence-electron chi connectivity index (χ2n) is 5.51. The van der Waals surface area contributed by atoms with Crippen LogP contribution in [0.4, 0.5) is 0 Å². The SMILES string of the molecule is C/C=C/C=C/C(=O)NCc1cccc(Cn2nc(C)cc2C)c1. The van der Waals surface area contributed by atoms with Crippen molar-refractivity contribution in [1.82, 2.24) is 15.1 Å². The third-order valence-corrected chi connectivity index (χ3v) is 3.44. The second kappa shape index (κ2) is 8.13. The van der Waals surface area contributed by atoms with Gasteiger partial charge in [-0.25, -0.2) is 0 Å². The molecule has 1 aromatic heterocycles. The minimum Gasteiger partial charge on any atom is -0.348 e. The van der Waals surface area contributed by atoms with E-state index >= 15 is 0 Å². The number of nitrogens with one attached hydrogen (secondary N) is 1. The van der Waals surface area contributed by atoms with E-state index in [4.69, 9.17) is 0 Å². The van der Waals surface area contributed by atoms with Gasteiger partial charge in [0.1, 0.15) is 0 Å². The molecule has 2 aromatic rings. The van der Waals surface area contributed by atoms with Crippen LogP contribution in [0, 0.1) is 13.8 Å². The van der Waals surface area contributed by atoms with E-state index in [0.29, 0.717) is 6.54 Å². The minimum absolute atomic E-state index is 0.0907. The van der Waals surface area contributed by atoms with Gasteiger partial charge in [-0.05, 0) is 38.0 Å². The number of rotatable bonds is 6. The van der Waals surface area contributed by atoms with Crippen molar-refractivity contribution in [2.24, 2.45) is 0 Å². The standard InChI is InChI=1S/C19H23N3O/c1-4-5-6-10-19(23)20-13-17-8-7-9-18(12-17)14-22-16(3)11-15(2)21-22/h4-12H,13-14H2,1-3H3,(H,20,23)/b5-4+,10-6+. The van der Waals surface area contributed by atoms with Crippen LogP contribution in [-0.2, 0) is 17.9 Å². The molecule has 2 rings (SSSR count). The molecule has 1 amide bonds. The molecule has 4 nitrogen and oxygen atoms in total. The Morgan fingerprint density at radius 1 is 1.22 bits per heavy atom. The minimum atomic E-state index is -0.0907. The van der Waals surface area contributed by atoms with Gasteiger partial charge in [0.2, 0.25) is 5.91 Å². The summed E-state index contributed by atoms with van der Waals surface area (Å²) in [6.07, 6.45) is 6.97. The Balaban J connectivity index is 1.97. The fourth-order valence-electron chi connectivity index (χ4n) is 2.35. The summed E-state index contributed by atoms with van der Waals surface area (Å²) >= 11 is 0. The van der Waals surface area contributed by atoms with Crippen LogP contribution in [0.25, 0.3) is 0 Å². The van der Waals surface area contributed by atoms with E-state index in [1.54, 1.807) is 6.08 Å². The van der Waals surface area contributed by atoms with Crippen molar-refractivity contribution in [2.75, 3.05) is 0 Å². The van der Waals surface area contributed by atoms with Gasteiger partial charge in [0.25, 0.3) is 0 Å². The average molecular weight is 309 g/mol. The van der Waals surface area contributed by atoms with E-state index in [1.165, 1.54) is 11.6 Å². The molecular formula is C19H23N3O. The summed E-state index contributed by atoms with van der Waals surface area (Å²) in [6, 6.07) is 10.3. The molecule has 0 saturated carbocycles. The summed E-state index contributed by atoms with van der Waals surface area (Å²) in [5, 5.41) is 7.36. The summed E-state index contributed by atoms with van der Waals surface area (Å²) < 4.78 is 1.99. The maximum Gasteiger partial charge on any atom is 0.244 e. The summed E-state index contributed by atoms with van der Waals surface area (Å²) in [5.41, 5.74) is 4.43. The Morgan fingerprint density at radius 3 is 2.70 bits per heavy atom. The molecule has 23 heavy (non-hydrogen) atoms. The third kappa shape index (κ3) is 5.25. The van der Waals surface area contributed by atoms with Crippen molar-refractivity contribution >= 4 is 5.91 Å². The zero-order chi connectivity index (χ0) is 16.7. The summed E-state index contributed by atoms with van der Waals surface area (Å²) in [5.74, 6) is -0.0907. The van der Waals surface area contributed by atoms with E-state index in [-0.39, 0.29) is 5.91 Å². The van der Waals surface area contributed by atoms with Gasteiger partial charge in [0, 0.05) is 18.3 Å². The Hall–Kier alpha value is -2.62. The number of aromatic nitrogens is 2. The summed E-state index contributed by atoms with van der Waals surface area (Å²) in [6.45, 7) is 7.22. The number of nitrogens with zero attached hydrogens (tertiary/aromatic N) is 2. The Morgan fingerprint density at radius 2 is 2.00 bits per heavy atom. The van der Waals surface area contributed by atoms with Crippen LogP contribution in [0.3, 0.4) is 0 Å². The van der Waals surface area contributed by atoms with Gasteiger partial charge in [-0.3, -0.25) is 9.48 Å². The quantitative estimate of drug-likeness (QED) is 0.657. The smallest absolute Gasteiger partial charge is 0.244 e. The number of aryl methyl sites for hydroxylation is 2. The molecular weight excluding hydrogens is 286 g/mol. The average Bonchev–Trinajstić information content (AvgIpc) is 2.83. The highest BCUT2D eigenvalue weighted by Crippen LogP contribution is 2.10. The highest BCUT2D eigenvalue weighted by molar-refractivity contribution is 5.87. The monoisotopic (exact) mass is 309 g/mol. The Kier molecular flexibility index (Phi) is 5.92. The molecule has 0 spiro atoms. The molecule has 0 radical (unpaired) electrons. The van der Waals surface area contributed by atoms with E-state index in [1.807, 2.05) is 42.8 Å². The molecule has 0 unspecified atom stereocenters. The molecule has 0 aliphatic carbocycles. The van der Waals surface area contributed by atoms with Crippen LogP contribution in [-0.4, -0.2) is 15.7 Å². The van der Waals surface area contributed by atoms with E-state index in [0.717, 1.165) is 23.5 Å². The van der Waals surface area contributed by atoms with Crippen molar-refractivity contribution in [3.63, 3.8) is 0 Å². The molecule has 0 bridgehead atoms. The first-order chi connectivity index (χ1) is 11.1. The summed E-state index contributed by atoms with van der Waals surface area (Å²) in [4.78, 5) is 11.7. The van der Waals surface area contributed by atoms with E-state index in [9.17, 15) is 4.79 Å². The van der Waals surface area contributed by atoms with Gasteiger partial charge in [0.05, 0.1) is 12.2 Å². The molecule has 1 aromatic carbocycles. The normalized spacial score (nSPS) is 11.4. The number of allylic oxidation sites excluding steroid dienone is 3. The van der Waals surface area contributed by atoms with Gasteiger partial charge in [-0.1, -0.05) is 42.5 Å². The molecule has 0 aliphatic heterocycles. The number of benzene rings is 1. The van der Waals surface area contributed by atoms with Gasteiger partial charge in [-0.2, -0.15) is 5.10 Å². The zero-order valence-corrected chi connectivity index (χ0v) is 13.9. The van der Waals surface area contributed by atoms with E-state index < -0.39 is 0 Å². The number of hydrogen-bond acceptors (Lipinski definition) is 2. The third-order valence-electron chi connectivity index (χ3n) is 3.44. The fourth-order valence-corrected chi connectivity index (χ4v) is 2.35. The first-order valence-corrected chi connectivity index (χ1v) is 7.74. The van der Waals surface area contributed by atoms with Crippen molar-refractivity contribution < 1.29 is 4.79 Å². The first-order valence-electron chi connectivity index (χ1n) is 7.74. The molecule has 0 fully saturated rings. The van der Waals surface area contributed by atoms with Crippen molar-refractivity contribution in [2.45, 2.75) is 33.9 Å². The van der Waals surface area contributed by atoms with Crippen LogP contribution < -0.4 is 5.32 Å². The first kappa shape index (κ1) is 16.7. The predicted molar refractivity (Wildman–Crippen MR) is 93.0 cm³/mol. The molecule has 0 saturated heterocycles. The van der Waals surface area contributed by atoms with Crippen LogP contribution in [0.15, 0.2) is 54.6 Å². The van der Waals surface area contributed by atoms with Crippen molar-refractivity contribution in [1.29, 1.82) is 0 Å². The highest BCUT2D eigenvalue weighted by atomic mass is 16.1. The molecule has 120 valence electrons. The number of carbonyl (C=O) groups excluding carboxylic acids is 1. The number of amides is 1. The molecule has 4 heteroatoms. The Bertz CT molecular complexity index is 726. The summed E-state index contributed by atoms with van der Waals surface area (Å²) in [7, 11) is 0. The highest BCUT2D eigenvalue weighted by Gasteiger charge is 2.03. The van der Waals surface area contributed by atoms with E-state index in [2.05, 4.69) is 35.5 Å². The predicted octanol–water partition coefficient (Wildman–Crippen LogP) is 3.30. The van der Waals surface area contributed by atoms with Gasteiger partial charge < -0.3 is 5.32 Å². The van der Waals surface area contributed by atoms with Crippen molar-refractivity contribution in [3.05, 3.63) is 77.2 Å². The second-order valence-corrected chi connectivity index (χ2v) is 5.51. The Labute approximate surface area is 137 Å². The van der Waals surface area contributed by atoms with Crippen LogP contribution >= 0.6 is 0 Å². The number of carbonyl (C=O) groups is 1. The molecule has 1 heterocycles. The molecule has 0 aliphatic rings. The van der Waals surface area contributed by atoms with Crippen LogP contribution in [0.1, 0.15) is 29.4 Å². The van der Waals surface area contributed by atoms with Crippen LogP contribution in [0.2, 0.25) is 0 Å². The lowest BCUT2D eigenvalue weighted by Crippen LogP contribution is -2.20. The van der Waals surface area contributed by atoms with Gasteiger partial charge in [-0.15, -0.1) is 0 Å². The van der Waals surface area contributed by atoms with Crippen molar-refractivity contribution in [3.8, 4) is 0 Å². The van der Waals surface area contributed by atoms with Crippen LogP contribution in [0.5, 0.6) is 0 Å². The lowest BCUT2D eigenvalue weighted by atomic mass is 10.1. The fraction of sp³-hybridized carbons (Fsp3) is 0.263. The maximum atomic E-state index is 11.7. The topological polar surface area (TPSA) is 46.9 Å².